The third kappa shape index (κ3) is 6.69. The van der Waals surface area contributed by atoms with Crippen LogP contribution in [0.15, 0.2) is 35.9 Å². The van der Waals surface area contributed by atoms with Gasteiger partial charge in [-0.2, -0.15) is 0 Å². The van der Waals surface area contributed by atoms with Gasteiger partial charge in [0.1, 0.15) is 4.88 Å². The molecule has 0 aliphatic heterocycles. The molecule has 3 rings (SSSR count). The Hall–Kier alpha value is -1.10. The Labute approximate surface area is 196 Å². The van der Waals surface area contributed by atoms with Crippen molar-refractivity contribution in [1.29, 1.82) is 0 Å². The second-order valence-electron chi connectivity index (χ2n) is 9.05. The second-order valence-corrected chi connectivity index (χ2v) is 10.8. The highest BCUT2D eigenvalue weighted by molar-refractivity contribution is 7.13. The van der Waals surface area contributed by atoms with Crippen LogP contribution in [0, 0.1) is 17.8 Å². The van der Waals surface area contributed by atoms with Crippen molar-refractivity contribution in [2.24, 2.45) is 17.8 Å². The molecule has 5 heteroatoms. The van der Waals surface area contributed by atoms with Crippen molar-refractivity contribution in [2.75, 3.05) is 7.11 Å². The van der Waals surface area contributed by atoms with E-state index < -0.39 is 0 Å². The lowest BCUT2D eigenvalue weighted by atomic mass is 9.76. The zero-order chi connectivity index (χ0) is 22.2. The molecule has 3 unspecified atom stereocenters. The summed E-state index contributed by atoms with van der Waals surface area (Å²) in [5.74, 6) is 1.35. The predicted octanol–water partition coefficient (Wildman–Crippen LogP) is 6.93. The van der Waals surface area contributed by atoms with Crippen LogP contribution in [0.25, 0.3) is 0 Å². The van der Waals surface area contributed by atoms with E-state index in [1.165, 1.54) is 42.6 Å². The summed E-state index contributed by atoms with van der Waals surface area (Å²) in [6, 6.07) is 3.91. The van der Waals surface area contributed by atoms with Gasteiger partial charge in [0.05, 0.1) is 13.2 Å². The maximum Gasteiger partial charge on any atom is 0.348 e. The molecule has 0 aromatic carbocycles. The molecule has 0 spiro atoms. The zero-order valence-corrected chi connectivity index (χ0v) is 20.5. The summed E-state index contributed by atoms with van der Waals surface area (Å²) in [5.41, 5.74) is 1.11. The Morgan fingerprint density at radius 2 is 2.13 bits per heavy atom. The van der Waals surface area contributed by atoms with E-state index >= 15 is 0 Å². The summed E-state index contributed by atoms with van der Waals surface area (Å²) in [5, 5.41) is 10.9. The van der Waals surface area contributed by atoms with Crippen molar-refractivity contribution in [2.45, 2.75) is 82.6 Å². The Morgan fingerprint density at radius 3 is 2.90 bits per heavy atom. The fraction of sp³-hybridized carbons (Fsp3) is 0.654. The number of unbranched alkanes of at least 4 members (excludes halogenated alkanes) is 2. The molecule has 1 N–H and O–H groups in total. The number of carbonyl (C=O) groups is 1. The van der Waals surface area contributed by atoms with Gasteiger partial charge in [-0.1, -0.05) is 44.4 Å². The van der Waals surface area contributed by atoms with Crippen LogP contribution in [0.2, 0.25) is 0 Å². The number of aliphatic hydroxyl groups excluding tert-OH is 1. The Bertz CT molecular complexity index is 768. The highest BCUT2D eigenvalue weighted by Crippen LogP contribution is 2.45. The number of hydrogen-bond donors (Lipinski definition) is 1. The third-order valence-electron chi connectivity index (χ3n) is 6.94. The minimum Gasteiger partial charge on any atom is -0.465 e. The molecule has 1 aromatic heterocycles. The molecule has 1 heterocycles. The molecule has 0 bridgehead atoms. The first kappa shape index (κ1) is 24.5. The average Bonchev–Trinajstić information content (AvgIpc) is 3.40. The van der Waals surface area contributed by atoms with Gasteiger partial charge < -0.3 is 9.84 Å². The third-order valence-corrected chi connectivity index (χ3v) is 8.61. The lowest BCUT2D eigenvalue weighted by Gasteiger charge is -2.30. The van der Waals surface area contributed by atoms with Crippen LogP contribution in [0.4, 0.5) is 0 Å². The number of hydrogen-bond acceptors (Lipinski definition) is 4. The van der Waals surface area contributed by atoms with Crippen LogP contribution in [0.5, 0.6) is 0 Å². The highest BCUT2D eigenvalue weighted by Gasteiger charge is 2.38. The Morgan fingerprint density at radius 1 is 1.29 bits per heavy atom. The number of rotatable bonds is 11. The van der Waals surface area contributed by atoms with Crippen LogP contribution in [-0.4, -0.2) is 29.7 Å². The molecule has 1 aromatic rings. The molecule has 2 aliphatic rings. The Kier molecular flexibility index (Phi) is 9.68. The SMILES string of the molecule is CCCCCC(O)C1=CC(C2CC[C@@H](Cl)[C@@H]2CCCc2ccc(C(=O)OC)s2)CC=C1. The largest absolute Gasteiger partial charge is 0.465 e. The fourth-order valence-corrected chi connectivity index (χ4v) is 6.62. The number of aliphatic hydroxyl groups is 1. The van der Waals surface area contributed by atoms with Crippen LogP contribution < -0.4 is 0 Å². The van der Waals surface area contributed by atoms with Gasteiger partial charge in [-0.05, 0) is 80.4 Å². The fourth-order valence-electron chi connectivity index (χ4n) is 5.22. The summed E-state index contributed by atoms with van der Waals surface area (Å²) >= 11 is 8.31. The molecule has 2 aliphatic carbocycles. The lowest BCUT2D eigenvalue weighted by molar-refractivity contribution is 0.0606. The van der Waals surface area contributed by atoms with E-state index in [4.69, 9.17) is 16.3 Å². The van der Waals surface area contributed by atoms with Crippen molar-refractivity contribution in [3.8, 4) is 0 Å². The number of carbonyl (C=O) groups excluding carboxylic acids is 1. The van der Waals surface area contributed by atoms with Crippen molar-refractivity contribution >= 4 is 28.9 Å². The van der Waals surface area contributed by atoms with Gasteiger partial charge in [0.2, 0.25) is 0 Å². The van der Waals surface area contributed by atoms with Gasteiger partial charge in [0.15, 0.2) is 0 Å². The van der Waals surface area contributed by atoms with E-state index in [0.29, 0.717) is 22.6 Å². The molecule has 0 amide bonds. The standard InChI is InChI=1S/C26H37ClO3S/c1-3-4-5-12-24(28)19-9-6-8-18(17-19)21-14-15-23(27)22(21)11-7-10-20-13-16-25(31-20)26(29)30-2/h6,9,13,16-18,21-24,28H,3-5,7-8,10-12,14-15H2,1-2H3/t18?,21?,22-,23-,24?/m1/s1. The molecule has 172 valence electrons. The van der Waals surface area contributed by atoms with Gasteiger partial charge >= 0.3 is 5.97 Å². The van der Waals surface area contributed by atoms with Crippen LogP contribution in [-0.2, 0) is 11.2 Å². The minimum atomic E-state index is -0.333. The number of halogens is 1. The van der Waals surface area contributed by atoms with Crippen LogP contribution in [0.3, 0.4) is 0 Å². The predicted molar refractivity (Wildman–Crippen MR) is 130 cm³/mol. The van der Waals surface area contributed by atoms with Gasteiger partial charge in [0, 0.05) is 10.3 Å². The summed E-state index contributed by atoms with van der Waals surface area (Å²) in [7, 11) is 1.42. The van der Waals surface area contributed by atoms with E-state index in [-0.39, 0.29) is 17.5 Å². The van der Waals surface area contributed by atoms with Crippen LogP contribution >= 0.6 is 22.9 Å². The van der Waals surface area contributed by atoms with Crippen molar-refractivity contribution in [1.82, 2.24) is 0 Å². The molecule has 1 saturated carbocycles. The smallest absolute Gasteiger partial charge is 0.348 e. The minimum absolute atomic E-state index is 0.246. The molecule has 5 atom stereocenters. The highest BCUT2D eigenvalue weighted by atomic mass is 35.5. The number of ether oxygens (including phenoxy) is 1. The molecule has 0 radical (unpaired) electrons. The van der Waals surface area contributed by atoms with Crippen LogP contribution in [0.1, 0.15) is 79.3 Å². The molecular formula is C26H37ClO3S. The van der Waals surface area contributed by atoms with Gasteiger partial charge in [-0.25, -0.2) is 4.79 Å². The van der Waals surface area contributed by atoms with Gasteiger partial charge in [-0.3, -0.25) is 0 Å². The number of thiophene rings is 1. The van der Waals surface area contributed by atoms with Crippen molar-refractivity contribution in [3.05, 3.63) is 45.7 Å². The maximum absolute atomic E-state index is 11.7. The number of allylic oxidation sites excluding steroid dienone is 2. The topological polar surface area (TPSA) is 46.5 Å². The molecular weight excluding hydrogens is 428 g/mol. The number of aryl methyl sites for hydroxylation is 1. The quantitative estimate of drug-likeness (QED) is 0.219. The van der Waals surface area contributed by atoms with E-state index in [1.807, 2.05) is 12.1 Å². The summed E-state index contributed by atoms with van der Waals surface area (Å²) in [4.78, 5) is 13.6. The molecule has 0 saturated heterocycles. The second kappa shape index (κ2) is 12.2. The first-order chi connectivity index (χ1) is 15.0. The molecule has 3 nitrogen and oxygen atoms in total. The number of alkyl halides is 1. The molecule has 1 fully saturated rings. The normalized spacial score (nSPS) is 26.6. The van der Waals surface area contributed by atoms with E-state index in [0.717, 1.165) is 50.5 Å². The summed E-state index contributed by atoms with van der Waals surface area (Å²) in [6.45, 7) is 2.20. The van der Waals surface area contributed by atoms with E-state index in [2.05, 4.69) is 25.2 Å². The first-order valence-corrected chi connectivity index (χ1v) is 13.2. The monoisotopic (exact) mass is 464 g/mol. The Balaban J connectivity index is 1.55. The number of esters is 1. The zero-order valence-electron chi connectivity index (χ0n) is 18.9. The van der Waals surface area contributed by atoms with E-state index in [1.54, 1.807) is 0 Å². The number of methoxy groups -OCH3 is 1. The summed E-state index contributed by atoms with van der Waals surface area (Å²) in [6.07, 6.45) is 17.2. The lowest BCUT2D eigenvalue weighted by Crippen LogP contribution is -2.24. The first-order valence-electron chi connectivity index (χ1n) is 11.9. The van der Waals surface area contributed by atoms with Crippen molar-refractivity contribution in [3.63, 3.8) is 0 Å². The molecule has 31 heavy (non-hydrogen) atoms. The van der Waals surface area contributed by atoms with E-state index in [9.17, 15) is 9.90 Å². The maximum atomic E-state index is 11.7. The average molecular weight is 465 g/mol. The van der Waals surface area contributed by atoms with Gasteiger partial charge in [-0.15, -0.1) is 22.9 Å². The van der Waals surface area contributed by atoms with Crippen molar-refractivity contribution < 1.29 is 14.6 Å². The van der Waals surface area contributed by atoms with Gasteiger partial charge in [0.25, 0.3) is 0 Å². The summed E-state index contributed by atoms with van der Waals surface area (Å²) < 4.78 is 4.81.